The molecule has 0 saturated carbocycles. The van der Waals surface area contributed by atoms with Crippen LogP contribution in [-0.2, 0) is 16.2 Å². The maximum absolute atomic E-state index is 12.9. The Morgan fingerprint density at radius 1 is 1.12 bits per heavy atom. The van der Waals surface area contributed by atoms with Crippen LogP contribution < -0.4 is 4.90 Å². The molecule has 1 fully saturated rings. The zero-order valence-corrected chi connectivity index (χ0v) is 14.4. The molecule has 9 heteroatoms. The summed E-state index contributed by atoms with van der Waals surface area (Å²) in [5, 5.41) is 0.627. The molecule has 1 aliphatic rings. The highest BCUT2D eigenvalue weighted by atomic mass is 32.2. The average molecular weight is 373 g/mol. The van der Waals surface area contributed by atoms with E-state index in [1.807, 2.05) is 4.90 Å². The van der Waals surface area contributed by atoms with Crippen LogP contribution in [0.5, 0.6) is 0 Å². The zero-order chi connectivity index (χ0) is 18.2. The van der Waals surface area contributed by atoms with E-state index in [0.717, 1.165) is 17.8 Å². The Morgan fingerprint density at radius 2 is 1.80 bits per heavy atom. The zero-order valence-electron chi connectivity index (χ0n) is 13.6. The van der Waals surface area contributed by atoms with Gasteiger partial charge in [-0.05, 0) is 25.1 Å². The molecule has 0 N–H and O–H groups in total. The van der Waals surface area contributed by atoms with Crippen LogP contribution in [-0.4, -0.2) is 49.6 Å². The van der Waals surface area contributed by atoms with Crippen LogP contribution in [0.2, 0.25) is 0 Å². The number of hydrogen-bond acceptors (Lipinski definition) is 4. The van der Waals surface area contributed by atoms with Crippen molar-refractivity contribution < 1.29 is 21.6 Å². The lowest BCUT2D eigenvalue weighted by atomic mass is 10.1. The van der Waals surface area contributed by atoms with Crippen LogP contribution in [0.1, 0.15) is 12.5 Å². The number of sulfonamides is 1. The van der Waals surface area contributed by atoms with Crippen LogP contribution in [0.25, 0.3) is 10.9 Å². The lowest BCUT2D eigenvalue weighted by molar-refractivity contribution is -0.137. The topological polar surface area (TPSA) is 53.5 Å². The largest absolute Gasteiger partial charge is 0.416 e. The van der Waals surface area contributed by atoms with Crippen molar-refractivity contribution in [3.63, 3.8) is 0 Å². The minimum absolute atomic E-state index is 0.0609. The van der Waals surface area contributed by atoms with Gasteiger partial charge in [-0.3, -0.25) is 4.98 Å². The summed E-state index contributed by atoms with van der Waals surface area (Å²) in [5.74, 6) is 0.0609. The first-order valence-electron chi connectivity index (χ1n) is 7.91. The molecular weight excluding hydrogens is 355 g/mol. The Balaban J connectivity index is 1.88. The van der Waals surface area contributed by atoms with Crippen molar-refractivity contribution in [3.8, 4) is 0 Å². The average Bonchev–Trinajstić information content (AvgIpc) is 2.60. The van der Waals surface area contributed by atoms with Crippen molar-refractivity contribution in [2.45, 2.75) is 13.1 Å². The van der Waals surface area contributed by atoms with Gasteiger partial charge in [-0.25, -0.2) is 8.42 Å². The second kappa shape index (κ2) is 6.45. The molecule has 1 aromatic heterocycles. The molecule has 0 radical (unpaired) electrons. The fourth-order valence-electron chi connectivity index (χ4n) is 2.97. The highest BCUT2D eigenvalue weighted by Gasteiger charge is 2.31. The molecule has 3 rings (SSSR count). The molecule has 0 amide bonds. The maximum Gasteiger partial charge on any atom is 0.416 e. The maximum atomic E-state index is 12.9. The third-order valence-corrected chi connectivity index (χ3v) is 6.27. The number of aromatic nitrogens is 1. The van der Waals surface area contributed by atoms with Gasteiger partial charge in [-0.15, -0.1) is 0 Å². The van der Waals surface area contributed by atoms with Gasteiger partial charge in [0.25, 0.3) is 0 Å². The number of pyridine rings is 1. The number of nitrogens with zero attached hydrogens (tertiary/aromatic N) is 3. The van der Waals surface area contributed by atoms with E-state index in [1.54, 1.807) is 13.0 Å². The smallest absolute Gasteiger partial charge is 0.368 e. The second-order valence-corrected chi connectivity index (χ2v) is 8.10. The Morgan fingerprint density at radius 3 is 2.40 bits per heavy atom. The summed E-state index contributed by atoms with van der Waals surface area (Å²) >= 11 is 0. The molecule has 1 aliphatic heterocycles. The van der Waals surface area contributed by atoms with Crippen LogP contribution >= 0.6 is 0 Å². The molecule has 1 aromatic carbocycles. The molecule has 136 valence electrons. The standard InChI is InChI=1S/C16H18F3N3O2S/c1-2-25(23,24)22-9-7-21(8-10-22)15-5-6-20-14-11-12(16(17,18)19)3-4-13(14)15/h3-6,11H,2,7-10H2,1H3. The van der Waals surface area contributed by atoms with Crippen molar-refractivity contribution in [1.29, 1.82) is 0 Å². The van der Waals surface area contributed by atoms with Crippen molar-refractivity contribution in [1.82, 2.24) is 9.29 Å². The quantitative estimate of drug-likeness (QED) is 0.830. The molecule has 2 heterocycles. The lowest BCUT2D eigenvalue weighted by Crippen LogP contribution is -2.49. The summed E-state index contributed by atoms with van der Waals surface area (Å²) in [6.45, 7) is 3.30. The van der Waals surface area contributed by atoms with Crippen LogP contribution in [0.4, 0.5) is 18.9 Å². The SMILES string of the molecule is CCS(=O)(=O)N1CCN(c2ccnc3cc(C(F)(F)F)ccc23)CC1. The van der Waals surface area contributed by atoms with Gasteiger partial charge in [-0.1, -0.05) is 6.07 Å². The number of halogens is 3. The van der Waals surface area contributed by atoms with Crippen molar-refractivity contribution in [2.75, 3.05) is 36.8 Å². The van der Waals surface area contributed by atoms with Gasteiger partial charge in [0.2, 0.25) is 10.0 Å². The minimum atomic E-state index is -4.41. The normalized spacial score (nSPS) is 17.2. The first kappa shape index (κ1) is 17.9. The van der Waals surface area contributed by atoms with E-state index in [0.29, 0.717) is 31.6 Å². The van der Waals surface area contributed by atoms with Crippen molar-refractivity contribution in [2.24, 2.45) is 0 Å². The predicted molar refractivity (Wildman–Crippen MR) is 90.0 cm³/mol. The number of alkyl halides is 3. The lowest BCUT2D eigenvalue weighted by Gasteiger charge is -2.35. The van der Waals surface area contributed by atoms with Gasteiger partial charge >= 0.3 is 6.18 Å². The summed E-state index contributed by atoms with van der Waals surface area (Å²) in [7, 11) is -3.22. The fourth-order valence-corrected chi connectivity index (χ4v) is 4.06. The Labute approximate surface area is 144 Å². The van der Waals surface area contributed by atoms with Gasteiger partial charge in [0.05, 0.1) is 16.8 Å². The van der Waals surface area contributed by atoms with E-state index in [9.17, 15) is 21.6 Å². The van der Waals surface area contributed by atoms with Gasteiger partial charge in [-0.2, -0.15) is 17.5 Å². The Bertz CT molecular complexity index is 876. The molecule has 0 aliphatic carbocycles. The van der Waals surface area contributed by atoms with Crippen LogP contribution in [0.3, 0.4) is 0 Å². The fraction of sp³-hybridized carbons (Fsp3) is 0.438. The van der Waals surface area contributed by atoms with Gasteiger partial charge in [0.1, 0.15) is 0 Å². The number of piperazine rings is 1. The summed E-state index contributed by atoms with van der Waals surface area (Å²) in [4.78, 5) is 6.03. The molecule has 5 nitrogen and oxygen atoms in total. The number of hydrogen-bond donors (Lipinski definition) is 0. The van der Waals surface area contributed by atoms with Crippen molar-refractivity contribution in [3.05, 3.63) is 36.0 Å². The minimum Gasteiger partial charge on any atom is -0.368 e. The molecule has 0 unspecified atom stereocenters. The van der Waals surface area contributed by atoms with E-state index < -0.39 is 21.8 Å². The molecule has 2 aromatic rings. The van der Waals surface area contributed by atoms with E-state index in [-0.39, 0.29) is 11.3 Å². The number of benzene rings is 1. The molecule has 0 bridgehead atoms. The van der Waals surface area contributed by atoms with Gasteiger partial charge < -0.3 is 4.90 Å². The van der Waals surface area contributed by atoms with Crippen LogP contribution in [0.15, 0.2) is 30.5 Å². The molecule has 0 atom stereocenters. The second-order valence-electron chi connectivity index (χ2n) is 5.85. The summed E-state index contributed by atoms with van der Waals surface area (Å²) in [5.41, 5.74) is 0.312. The monoisotopic (exact) mass is 373 g/mol. The van der Waals surface area contributed by atoms with Crippen LogP contribution in [0, 0.1) is 0 Å². The summed E-state index contributed by atoms with van der Waals surface area (Å²) in [6, 6.07) is 5.26. The Kier molecular flexibility index (Phi) is 4.63. The summed E-state index contributed by atoms with van der Waals surface area (Å²) in [6.07, 6.45) is -2.93. The number of rotatable bonds is 3. The van der Waals surface area contributed by atoms with Crippen molar-refractivity contribution >= 4 is 26.6 Å². The first-order valence-corrected chi connectivity index (χ1v) is 9.52. The van der Waals surface area contributed by atoms with E-state index in [1.165, 1.54) is 16.6 Å². The molecule has 25 heavy (non-hydrogen) atoms. The highest BCUT2D eigenvalue weighted by molar-refractivity contribution is 7.89. The molecular formula is C16H18F3N3O2S. The van der Waals surface area contributed by atoms with E-state index in [4.69, 9.17) is 0 Å². The molecule has 1 saturated heterocycles. The Hall–Kier alpha value is -1.87. The van der Waals surface area contributed by atoms with Gasteiger partial charge in [0, 0.05) is 43.4 Å². The van der Waals surface area contributed by atoms with E-state index in [2.05, 4.69) is 4.98 Å². The summed E-state index contributed by atoms with van der Waals surface area (Å²) < 4.78 is 63.9. The predicted octanol–water partition coefficient (Wildman–Crippen LogP) is 2.73. The third-order valence-electron chi connectivity index (χ3n) is 4.38. The van der Waals surface area contributed by atoms with Gasteiger partial charge in [0.15, 0.2) is 0 Å². The third kappa shape index (κ3) is 3.57. The first-order chi connectivity index (χ1) is 11.7. The number of fused-ring (bicyclic) bond motifs is 1. The molecule has 0 spiro atoms. The highest BCUT2D eigenvalue weighted by Crippen LogP contribution is 2.33. The van der Waals surface area contributed by atoms with E-state index >= 15 is 0 Å². The number of anilines is 1.